The molecule has 0 unspecified atom stereocenters. The van der Waals surface area contributed by atoms with Gasteiger partial charge in [0.2, 0.25) is 0 Å². The van der Waals surface area contributed by atoms with Crippen molar-refractivity contribution in [2.45, 2.75) is 4.90 Å². The van der Waals surface area contributed by atoms with Crippen LogP contribution in [0.2, 0.25) is 0 Å². The zero-order valence-electron chi connectivity index (χ0n) is 8.97. The molecule has 0 heterocycles. The van der Waals surface area contributed by atoms with E-state index in [2.05, 4.69) is 22.6 Å². The van der Waals surface area contributed by atoms with E-state index in [4.69, 9.17) is 4.55 Å². The molecule has 0 aliphatic rings. The molecule has 0 saturated carbocycles. The minimum Gasteiger partial charge on any atom is -0.282 e. The summed E-state index contributed by atoms with van der Waals surface area (Å²) in [5, 5.41) is 0. The molecule has 3 nitrogen and oxygen atoms in total. The third-order valence-corrected chi connectivity index (χ3v) is 5.54. The van der Waals surface area contributed by atoms with Crippen LogP contribution in [0.15, 0.2) is 47.4 Å². The summed E-state index contributed by atoms with van der Waals surface area (Å²) >= 11 is 4.14. The van der Waals surface area contributed by atoms with Crippen molar-refractivity contribution < 1.29 is 13.0 Å². The van der Waals surface area contributed by atoms with E-state index in [1.807, 2.05) is 52.9 Å². The lowest BCUT2D eigenvalue weighted by atomic mass is 10.1. The van der Waals surface area contributed by atoms with E-state index in [-0.39, 0.29) is 4.90 Å². The highest BCUT2D eigenvalue weighted by Crippen LogP contribution is 2.30. The molecule has 0 aliphatic carbocycles. The van der Waals surface area contributed by atoms with Gasteiger partial charge in [-0.05, 0) is 74.5 Å². The average Bonchev–Trinajstić information content (AvgIpc) is 2.29. The molecular weight excluding hydrogens is 478 g/mol. The molecule has 0 bridgehead atoms. The Labute approximate surface area is 133 Å². The number of hydrogen-bond donors (Lipinski definition) is 1. The van der Waals surface area contributed by atoms with Crippen LogP contribution in [0.3, 0.4) is 0 Å². The van der Waals surface area contributed by atoms with Gasteiger partial charge in [0, 0.05) is 7.14 Å². The van der Waals surface area contributed by atoms with Gasteiger partial charge in [0.25, 0.3) is 10.1 Å². The van der Waals surface area contributed by atoms with E-state index in [0.717, 1.165) is 14.7 Å². The van der Waals surface area contributed by atoms with Gasteiger partial charge in [0.1, 0.15) is 4.90 Å². The SMILES string of the molecule is O=S(=O)(O)c1cccc(-c2ccc(I)cc2)c1I. The third-order valence-electron chi connectivity index (χ3n) is 2.40. The zero-order valence-corrected chi connectivity index (χ0v) is 14.1. The molecule has 18 heavy (non-hydrogen) atoms. The third kappa shape index (κ3) is 3.03. The Bertz CT molecular complexity index is 679. The fraction of sp³-hybridized carbons (Fsp3) is 0. The van der Waals surface area contributed by atoms with E-state index in [1.54, 1.807) is 6.07 Å². The first-order valence-corrected chi connectivity index (χ1v) is 8.51. The van der Waals surface area contributed by atoms with E-state index in [1.165, 1.54) is 6.07 Å². The first kappa shape index (κ1) is 14.2. The van der Waals surface area contributed by atoms with Crippen LogP contribution in [0.5, 0.6) is 0 Å². The Balaban J connectivity index is 2.63. The molecule has 94 valence electrons. The quantitative estimate of drug-likeness (QED) is 0.520. The Morgan fingerprint density at radius 3 is 2.11 bits per heavy atom. The van der Waals surface area contributed by atoms with Crippen LogP contribution >= 0.6 is 45.2 Å². The molecule has 0 amide bonds. The fourth-order valence-corrected chi connectivity index (χ4v) is 4.01. The summed E-state index contributed by atoms with van der Waals surface area (Å²) in [6.07, 6.45) is 0. The molecule has 2 aromatic rings. The maximum atomic E-state index is 11.2. The highest BCUT2D eigenvalue weighted by Gasteiger charge is 2.16. The van der Waals surface area contributed by atoms with Crippen LogP contribution in [0.1, 0.15) is 0 Å². The van der Waals surface area contributed by atoms with Gasteiger partial charge < -0.3 is 0 Å². The summed E-state index contributed by atoms with van der Waals surface area (Å²) in [6.45, 7) is 0. The van der Waals surface area contributed by atoms with Crippen LogP contribution in [0.4, 0.5) is 0 Å². The second-order valence-electron chi connectivity index (χ2n) is 3.60. The Morgan fingerprint density at radius 2 is 1.56 bits per heavy atom. The van der Waals surface area contributed by atoms with Gasteiger partial charge in [-0.2, -0.15) is 8.42 Å². The van der Waals surface area contributed by atoms with Crippen molar-refractivity contribution in [1.29, 1.82) is 0 Å². The van der Waals surface area contributed by atoms with Crippen LogP contribution in [0.25, 0.3) is 11.1 Å². The summed E-state index contributed by atoms with van der Waals surface area (Å²) in [7, 11) is -4.18. The highest BCUT2D eigenvalue weighted by atomic mass is 127. The summed E-state index contributed by atoms with van der Waals surface area (Å²) in [6, 6.07) is 12.6. The van der Waals surface area contributed by atoms with Crippen molar-refractivity contribution in [3.05, 3.63) is 49.6 Å². The van der Waals surface area contributed by atoms with Crippen molar-refractivity contribution in [3.8, 4) is 11.1 Å². The predicted octanol–water partition coefficient (Wildman–Crippen LogP) is 3.81. The van der Waals surface area contributed by atoms with Gasteiger partial charge in [-0.15, -0.1) is 0 Å². The van der Waals surface area contributed by atoms with Crippen LogP contribution in [-0.2, 0) is 10.1 Å². The monoisotopic (exact) mass is 486 g/mol. The number of benzene rings is 2. The van der Waals surface area contributed by atoms with E-state index in [9.17, 15) is 8.42 Å². The van der Waals surface area contributed by atoms with Crippen LogP contribution in [-0.4, -0.2) is 13.0 Å². The van der Waals surface area contributed by atoms with E-state index in [0.29, 0.717) is 3.57 Å². The molecule has 1 N–H and O–H groups in total. The minimum atomic E-state index is -4.18. The lowest BCUT2D eigenvalue weighted by molar-refractivity contribution is 0.482. The lowest BCUT2D eigenvalue weighted by Gasteiger charge is -2.08. The van der Waals surface area contributed by atoms with Crippen molar-refractivity contribution in [3.63, 3.8) is 0 Å². The van der Waals surface area contributed by atoms with Crippen molar-refractivity contribution in [2.24, 2.45) is 0 Å². The lowest BCUT2D eigenvalue weighted by Crippen LogP contribution is -2.01. The number of rotatable bonds is 2. The molecule has 0 atom stereocenters. The maximum Gasteiger partial charge on any atom is 0.295 e. The highest BCUT2D eigenvalue weighted by molar-refractivity contribution is 14.1. The topological polar surface area (TPSA) is 54.4 Å². The normalized spacial score (nSPS) is 11.5. The van der Waals surface area contributed by atoms with Gasteiger partial charge in [0.05, 0.1) is 0 Å². The Kier molecular flexibility index (Phi) is 4.29. The van der Waals surface area contributed by atoms with E-state index >= 15 is 0 Å². The summed E-state index contributed by atoms with van der Waals surface area (Å²) in [4.78, 5) is -0.0563. The summed E-state index contributed by atoms with van der Waals surface area (Å²) in [5.74, 6) is 0. The Hall–Kier alpha value is -0.190. The van der Waals surface area contributed by atoms with Crippen LogP contribution in [0, 0.1) is 7.14 Å². The smallest absolute Gasteiger partial charge is 0.282 e. The minimum absolute atomic E-state index is 0.0563. The van der Waals surface area contributed by atoms with Crippen molar-refractivity contribution in [2.75, 3.05) is 0 Å². The van der Waals surface area contributed by atoms with Crippen molar-refractivity contribution >= 4 is 55.3 Å². The van der Waals surface area contributed by atoms with Gasteiger partial charge in [-0.25, -0.2) is 0 Å². The van der Waals surface area contributed by atoms with Gasteiger partial charge in [-0.1, -0.05) is 24.3 Å². The van der Waals surface area contributed by atoms with Gasteiger partial charge in [0.15, 0.2) is 0 Å². The second-order valence-corrected chi connectivity index (χ2v) is 7.31. The predicted molar refractivity (Wildman–Crippen MR) is 87.1 cm³/mol. The first-order valence-electron chi connectivity index (χ1n) is 4.91. The largest absolute Gasteiger partial charge is 0.295 e. The molecule has 0 radical (unpaired) electrons. The molecule has 0 aromatic heterocycles. The standard InChI is InChI=1S/C12H8I2O3S/c13-9-6-4-8(5-7-9)10-2-1-3-11(12(10)14)18(15,16)17/h1-7H,(H,15,16,17). The van der Waals surface area contributed by atoms with Crippen LogP contribution < -0.4 is 0 Å². The molecular formula is C12H8I2O3S. The van der Waals surface area contributed by atoms with Gasteiger partial charge in [-0.3, -0.25) is 4.55 Å². The second kappa shape index (κ2) is 5.43. The average molecular weight is 486 g/mol. The maximum absolute atomic E-state index is 11.2. The van der Waals surface area contributed by atoms with E-state index < -0.39 is 10.1 Å². The molecule has 2 rings (SSSR count). The summed E-state index contributed by atoms with van der Waals surface area (Å²) < 4.78 is 33.3. The number of halogens is 2. The molecule has 0 aliphatic heterocycles. The molecule has 2 aromatic carbocycles. The number of hydrogen-bond acceptors (Lipinski definition) is 2. The first-order chi connectivity index (χ1) is 8.39. The fourth-order valence-electron chi connectivity index (χ4n) is 1.56. The molecule has 0 saturated heterocycles. The van der Waals surface area contributed by atoms with Gasteiger partial charge >= 0.3 is 0 Å². The summed E-state index contributed by atoms with van der Waals surface area (Å²) in [5.41, 5.74) is 1.72. The molecule has 0 spiro atoms. The molecule has 0 fully saturated rings. The molecule has 6 heteroatoms. The Morgan fingerprint density at radius 1 is 0.944 bits per heavy atom. The van der Waals surface area contributed by atoms with Crippen molar-refractivity contribution in [1.82, 2.24) is 0 Å². The zero-order chi connectivity index (χ0) is 13.3.